The van der Waals surface area contributed by atoms with E-state index in [1.165, 1.54) is 5.69 Å². The van der Waals surface area contributed by atoms with Gasteiger partial charge in [0.05, 0.1) is 21.5 Å². The van der Waals surface area contributed by atoms with E-state index in [1.807, 2.05) is 0 Å². The number of hydrogen-bond donors (Lipinski definition) is 1. The summed E-state index contributed by atoms with van der Waals surface area (Å²) >= 11 is 3.70. The molecule has 0 aromatic carbocycles. The maximum Gasteiger partial charge on any atom is 0.0766 e. The van der Waals surface area contributed by atoms with Gasteiger partial charge in [0.2, 0.25) is 0 Å². The lowest BCUT2D eigenvalue weighted by atomic mass is 9.79. The highest BCUT2D eigenvalue weighted by molar-refractivity contribution is 9.10. The summed E-state index contributed by atoms with van der Waals surface area (Å²) < 4.78 is 3.16. The van der Waals surface area contributed by atoms with Crippen LogP contribution in [0.2, 0.25) is 0 Å². The average Bonchev–Trinajstić information content (AvgIpc) is 2.99. The van der Waals surface area contributed by atoms with E-state index < -0.39 is 5.60 Å². The topological polar surface area (TPSA) is 41.3 Å². The van der Waals surface area contributed by atoms with Crippen LogP contribution in [0.25, 0.3) is 0 Å². The summed E-state index contributed by atoms with van der Waals surface area (Å²) in [5.41, 5.74) is 1.73. The predicted molar refractivity (Wildman–Crippen MR) is 82.8 cm³/mol. The summed E-state index contributed by atoms with van der Waals surface area (Å²) in [7, 11) is 0. The summed E-state index contributed by atoms with van der Waals surface area (Å²) in [6.45, 7) is 8.36. The van der Waals surface area contributed by atoms with Gasteiger partial charge in [-0.15, -0.1) is 0 Å². The Morgan fingerprint density at radius 1 is 1.40 bits per heavy atom. The molecule has 2 fully saturated rings. The van der Waals surface area contributed by atoms with Crippen LogP contribution in [0.1, 0.15) is 38.1 Å². The molecule has 0 spiro atoms. The van der Waals surface area contributed by atoms with Crippen molar-refractivity contribution in [1.29, 1.82) is 0 Å². The second-order valence-electron chi connectivity index (χ2n) is 6.19. The normalized spacial score (nSPS) is 32.8. The van der Waals surface area contributed by atoms with Gasteiger partial charge in [0.1, 0.15) is 0 Å². The van der Waals surface area contributed by atoms with Gasteiger partial charge >= 0.3 is 0 Å². The fourth-order valence-corrected chi connectivity index (χ4v) is 4.44. The number of nitrogens with zero attached hydrogens (tertiary/aromatic N) is 3. The molecule has 3 unspecified atom stereocenters. The first-order valence-corrected chi connectivity index (χ1v) is 8.55. The van der Waals surface area contributed by atoms with Crippen LogP contribution < -0.4 is 0 Å². The number of rotatable bonds is 4. The summed E-state index contributed by atoms with van der Waals surface area (Å²) in [6, 6.07) is 0. The maximum atomic E-state index is 11.1. The van der Waals surface area contributed by atoms with Gasteiger partial charge < -0.3 is 10.0 Å². The van der Waals surface area contributed by atoms with Crippen molar-refractivity contribution in [3.05, 3.63) is 15.9 Å². The summed E-state index contributed by atoms with van der Waals surface area (Å²) in [4.78, 5) is 2.47. The third-order valence-electron chi connectivity index (χ3n) is 5.06. The minimum atomic E-state index is -0.548. The molecule has 1 N–H and O–H groups in total. The van der Waals surface area contributed by atoms with Gasteiger partial charge in [-0.3, -0.25) is 4.68 Å². The van der Waals surface area contributed by atoms with E-state index in [9.17, 15) is 5.11 Å². The van der Waals surface area contributed by atoms with Crippen LogP contribution in [0, 0.1) is 5.92 Å². The summed E-state index contributed by atoms with van der Waals surface area (Å²) in [6.07, 6.45) is 3.68. The Kier molecular flexibility index (Phi) is 3.95. The molecular formula is C15H24BrN3O. The van der Waals surface area contributed by atoms with E-state index in [2.05, 4.69) is 44.5 Å². The molecule has 2 aliphatic heterocycles. The number of aromatic nitrogens is 2. The van der Waals surface area contributed by atoms with Crippen LogP contribution in [-0.2, 0) is 19.4 Å². The molecule has 112 valence electrons. The molecule has 0 amide bonds. The number of aliphatic hydroxyl groups is 1. The summed E-state index contributed by atoms with van der Waals surface area (Å²) in [5.74, 6) is 0.424. The zero-order valence-corrected chi connectivity index (χ0v) is 14.0. The Hall–Kier alpha value is -0.390. The lowest BCUT2D eigenvalue weighted by Gasteiger charge is -2.39. The SMILES string of the molecule is CCc1nn(CC)c(CC2(O)CCN3CCC2C3)c1Br. The predicted octanol–water partition coefficient (Wildman–Crippen LogP) is 2.23. The Morgan fingerprint density at radius 2 is 2.20 bits per heavy atom. The van der Waals surface area contributed by atoms with Crippen LogP contribution >= 0.6 is 15.9 Å². The van der Waals surface area contributed by atoms with E-state index >= 15 is 0 Å². The number of piperidine rings is 1. The molecule has 5 heteroatoms. The monoisotopic (exact) mass is 341 g/mol. The minimum Gasteiger partial charge on any atom is -0.389 e. The first-order valence-electron chi connectivity index (χ1n) is 7.76. The fraction of sp³-hybridized carbons (Fsp3) is 0.800. The molecule has 2 aliphatic rings. The standard InChI is InChI=1S/C15H24BrN3O/c1-3-12-14(16)13(19(4-2)17-12)9-15(20)6-8-18-7-5-11(15)10-18/h11,20H,3-10H2,1-2H3. The van der Waals surface area contributed by atoms with Gasteiger partial charge in [0, 0.05) is 32.0 Å². The van der Waals surface area contributed by atoms with Gasteiger partial charge in [-0.25, -0.2) is 0 Å². The van der Waals surface area contributed by atoms with Crippen molar-refractivity contribution in [1.82, 2.24) is 14.7 Å². The molecule has 2 bridgehead atoms. The van der Waals surface area contributed by atoms with Crippen LogP contribution in [0.3, 0.4) is 0 Å². The zero-order chi connectivity index (χ0) is 14.3. The lowest BCUT2D eigenvalue weighted by molar-refractivity contribution is -0.0453. The highest BCUT2D eigenvalue weighted by Crippen LogP contribution is 2.39. The van der Waals surface area contributed by atoms with Gasteiger partial charge in [0.15, 0.2) is 0 Å². The quantitative estimate of drug-likeness (QED) is 0.912. The van der Waals surface area contributed by atoms with Gasteiger partial charge in [0.25, 0.3) is 0 Å². The van der Waals surface area contributed by atoms with Gasteiger partial charge in [-0.05, 0) is 48.7 Å². The highest BCUT2D eigenvalue weighted by Gasteiger charge is 2.45. The van der Waals surface area contributed by atoms with Crippen molar-refractivity contribution in [2.45, 2.75) is 51.7 Å². The lowest BCUT2D eigenvalue weighted by Crippen LogP contribution is -2.48. The molecule has 1 aromatic heterocycles. The van der Waals surface area contributed by atoms with Crippen molar-refractivity contribution in [2.24, 2.45) is 5.92 Å². The maximum absolute atomic E-state index is 11.1. The van der Waals surface area contributed by atoms with E-state index in [-0.39, 0.29) is 0 Å². The van der Waals surface area contributed by atoms with Crippen LogP contribution in [0.15, 0.2) is 4.47 Å². The van der Waals surface area contributed by atoms with Gasteiger partial charge in [-0.1, -0.05) is 6.92 Å². The second kappa shape index (κ2) is 5.43. The molecule has 20 heavy (non-hydrogen) atoms. The number of fused-ring (bicyclic) bond motifs is 2. The molecule has 3 atom stereocenters. The van der Waals surface area contributed by atoms with E-state index in [0.717, 1.165) is 62.0 Å². The molecule has 0 radical (unpaired) electrons. The average molecular weight is 342 g/mol. The highest BCUT2D eigenvalue weighted by atomic mass is 79.9. The first kappa shape index (κ1) is 14.5. The minimum absolute atomic E-state index is 0.424. The molecule has 0 aliphatic carbocycles. The van der Waals surface area contributed by atoms with Crippen molar-refractivity contribution >= 4 is 15.9 Å². The fourth-order valence-electron chi connectivity index (χ4n) is 3.74. The Balaban J connectivity index is 1.88. The summed E-state index contributed by atoms with van der Waals surface area (Å²) in [5, 5.41) is 15.8. The van der Waals surface area contributed by atoms with E-state index in [0.29, 0.717) is 5.92 Å². The van der Waals surface area contributed by atoms with Crippen LogP contribution in [0.5, 0.6) is 0 Å². The molecule has 1 aromatic rings. The Bertz CT molecular complexity index is 502. The number of hydrogen-bond acceptors (Lipinski definition) is 3. The van der Waals surface area contributed by atoms with E-state index in [1.54, 1.807) is 0 Å². The zero-order valence-electron chi connectivity index (χ0n) is 12.4. The first-order chi connectivity index (χ1) is 9.57. The van der Waals surface area contributed by atoms with Crippen molar-refractivity contribution in [3.8, 4) is 0 Å². The molecule has 3 heterocycles. The number of aryl methyl sites for hydroxylation is 2. The largest absolute Gasteiger partial charge is 0.389 e. The van der Waals surface area contributed by atoms with Crippen molar-refractivity contribution < 1.29 is 5.11 Å². The molecule has 0 saturated carbocycles. The van der Waals surface area contributed by atoms with Crippen LogP contribution in [0.4, 0.5) is 0 Å². The third-order valence-corrected chi connectivity index (χ3v) is 5.98. The molecule has 4 nitrogen and oxygen atoms in total. The second-order valence-corrected chi connectivity index (χ2v) is 6.99. The Labute approximate surface area is 129 Å². The Morgan fingerprint density at radius 3 is 2.90 bits per heavy atom. The van der Waals surface area contributed by atoms with Crippen LogP contribution in [-0.4, -0.2) is 45.0 Å². The smallest absolute Gasteiger partial charge is 0.0766 e. The van der Waals surface area contributed by atoms with Gasteiger partial charge in [-0.2, -0.15) is 5.10 Å². The molecule has 2 saturated heterocycles. The molecule has 3 rings (SSSR count). The van der Waals surface area contributed by atoms with Crippen molar-refractivity contribution in [2.75, 3.05) is 19.6 Å². The van der Waals surface area contributed by atoms with E-state index in [4.69, 9.17) is 0 Å². The number of halogens is 1. The third kappa shape index (κ3) is 2.34. The van der Waals surface area contributed by atoms with Crippen molar-refractivity contribution in [3.63, 3.8) is 0 Å². The molecular weight excluding hydrogens is 318 g/mol.